The van der Waals surface area contributed by atoms with Crippen LogP contribution in [0.4, 0.5) is 0 Å². The number of furan rings is 1. The van der Waals surface area contributed by atoms with E-state index in [-0.39, 0.29) is 18.2 Å². The van der Waals surface area contributed by atoms with Crippen LogP contribution in [0.25, 0.3) is 10.9 Å². The topological polar surface area (TPSA) is 73.5 Å². The zero-order valence-corrected chi connectivity index (χ0v) is 14.2. The summed E-state index contributed by atoms with van der Waals surface area (Å²) in [5.74, 6) is 0.739. The number of amides is 1. The van der Waals surface area contributed by atoms with Crippen LogP contribution in [0.5, 0.6) is 5.75 Å². The van der Waals surface area contributed by atoms with Gasteiger partial charge in [-0.1, -0.05) is 11.6 Å². The van der Waals surface area contributed by atoms with Crippen molar-refractivity contribution in [2.75, 3.05) is 0 Å². The maximum absolute atomic E-state index is 12.8. The lowest BCUT2D eigenvalue weighted by molar-refractivity contribution is 0.0945. The Morgan fingerprint density at radius 3 is 3.00 bits per heavy atom. The Hall–Kier alpha value is -2.73. The highest BCUT2D eigenvalue weighted by Gasteiger charge is 2.24. The largest absolute Gasteiger partial charge is 0.487 e. The molecular formula is C18H15ClN2O4. The van der Waals surface area contributed by atoms with Crippen molar-refractivity contribution >= 4 is 28.4 Å². The number of carbonyl (C=O) groups excluding carboxylic acids is 1. The number of nitrogens with zero attached hydrogens (tertiary/aromatic N) is 1. The fourth-order valence-corrected chi connectivity index (χ4v) is 3.31. The molecule has 1 aliphatic rings. The van der Waals surface area contributed by atoms with Crippen molar-refractivity contribution in [3.63, 3.8) is 0 Å². The van der Waals surface area contributed by atoms with Crippen molar-refractivity contribution in [3.8, 4) is 5.75 Å². The minimum absolute atomic E-state index is 0.0483. The van der Waals surface area contributed by atoms with E-state index in [9.17, 15) is 9.59 Å². The van der Waals surface area contributed by atoms with Gasteiger partial charge in [-0.05, 0) is 31.2 Å². The second-order valence-electron chi connectivity index (χ2n) is 5.98. The van der Waals surface area contributed by atoms with Crippen LogP contribution in [0, 0.1) is 0 Å². The van der Waals surface area contributed by atoms with E-state index in [4.69, 9.17) is 20.8 Å². The molecule has 1 aliphatic heterocycles. The lowest BCUT2D eigenvalue weighted by Crippen LogP contribution is -2.32. The van der Waals surface area contributed by atoms with Crippen molar-refractivity contribution in [1.29, 1.82) is 0 Å². The van der Waals surface area contributed by atoms with Gasteiger partial charge >= 0.3 is 0 Å². The molecule has 0 spiro atoms. The highest BCUT2D eigenvalue weighted by molar-refractivity contribution is 6.35. The van der Waals surface area contributed by atoms with Gasteiger partial charge in [0.25, 0.3) is 5.91 Å². The molecule has 0 fully saturated rings. The number of halogens is 1. The number of nitrogens with one attached hydrogen (secondary N) is 1. The van der Waals surface area contributed by atoms with E-state index in [0.29, 0.717) is 34.0 Å². The number of carbonyl (C=O) groups is 1. The van der Waals surface area contributed by atoms with E-state index in [1.807, 2.05) is 11.5 Å². The van der Waals surface area contributed by atoms with Gasteiger partial charge in [0.15, 0.2) is 0 Å². The number of hydrogen-bond donors (Lipinski definition) is 1. The smallest absolute Gasteiger partial charge is 0.257 e. The van der Waals surface area contributed by atoms with Gasteiger partial charge in [0, 0.05) is 6.20 Å². The molecule has 1 unspecified atom stereocenters. The van der Waals surface area contributed by atoms with Crippen molar-refractivity contribution in [3.05, 3.63) is 63.3 Å². The van der Waals surface area contributed by atoms with Crippen LogP contribution in [-0.4, -0.2) is 16.6 Å². The summed E-state index contributed by atoms with van der Waals surface area (Å²) in [6.07, 6.45) is 3.03. The molecule has 0 aliphatic carbocycles. The third-order valence-electron chi connectivity index (χ3n) is 4.16. The molecule has 128 valence electrons. The standard InChI is InChI=1S/C18H15ClN2O4/c1-10-8-21-9-12(18(23)20-7-11-3-2-6-24-11)17(22)15-13(19)4-5-14(25-10)16(15)21/h2-6,9-10H,7-8H2,1H3,(H,20,23). The summed E-state index contributed by atoms with van der Waals surface area (Å²) >= 11 is 6.24. The van der Waals surface area contributed by atoms with Gasteiger partial charge < -0.3 is 19.0 Å². The first-order valence-electron chi connectivity index (χ1n) is 7.87. The van der Waals surface area contributed by atoms with Crippen LogP contribution in [0.2, 0.25) is 5.02 Å². The maximum atomic E-state index is 12.8. The predicted octanol–water partition coefficient (Wildman–Crippen LogP) is 2.96. The zero-order valence-electron chi connectivity index (χ0n) is 13.4. The van der Waals surface area contributed by atoms with Crippen LogP contribution in [0.15, 0.2) is 45.9 Å². The van der Waals surface area contributed by atoms with E-state index in [2.05, 4.69) is 5.32 Å². The minimum atomic E-state index is -0.465. The first kappa shape index (κ1) is 15.8. The minimum Gasteiger partial charge on any atom is -0.487 e. The number of rotatable bonds is 3. The van der Waals surface area contributed by atoms with Crippen LogP contribution >= 0.6 is 11.6 Å². The zero-order chi connectivity index (χ0) is 17.6. The highest BCUT2D eigenvalue weighted by atomic mass is 35.5. The summed E-state index contributed by atoms with van der Waals surface area (Å²) in [4.78, 5) is 25.4. The van der Waals surface area contributed by atoms with Crippen molar-refractivity contribution in [1.82, 2.24) is 9.88 Å². The average molecular weight is 359 g/mol. The lowest BCUT2D eigenvalue weighted by atomic mass is 10.1. The number of aromatic nitrogens is 1. The van der Waals surface area contributed by atoms with Crippen molar-refractivity contribution in [2.45, 2.75) is 26.1 Å². The summed E-state index contributed by atoms with van der Waals surface area (Å²) < 4.78 is 12.8. The molecule has 0 saturated heterocycles. The van der Waals surface area contributed by atoms with Crippen LogP contribution in [0.1, 0.15) is 23.0 Å². The van der Waals surface area contributed by atoms with E-state index in [1.165, 1.54) is 6.26 Å². The molecule has 7 heteroatoms. The molecule has 3 heterocycles. The van der Waals surface area contributed by atoms with Crippen molar-refractivity contribution < 1.29 is 13.9 Å². The third kappa shape index (κ3) is 2.68. The molecule has 0 saturated carbocycles. The van der Waals surface area contributed by atoms with E-state index < -0.39 is 11.3 Å². The summed E-state index contributed by atoms with van der Waals surface area (Å²) in [6.45, 7) is 2.66. The first-order valence-corrected chi connectivity index (χ1v) is 8.25. The van der Waals surface area contributed by atoms with Gasteiger partial charge in [0.1, 0.15) is 23.2 Å². The summed E-state index contributed by atoms with van der Waals surface area (Å²) in [5, 5.41) is 3.31. The van der Waals surface area contributed by atoms with Gasteiger partial charge in [-0.15, -0.1) is 0 Å². The first-order chi connectivity index (χ1) is 12.0. The fourth-order valence-electron chi connectivity index (χ4n) is 3.07. The normalized spacial score (nSPS) is 15.8. The molecule has 6 nitrogen and oxygen atoms in total. The SMILES string of the molecule is CC1Cn2cc(C(=O)NCc3ccco3)c(=O)c3c(Cl)ccc(c32)O1. The highest BCUT2D eigenvalue weighted by Crippen LogP contribution is 2.33. The second kappa shape index (κ2) is 5.97. The average Bonchev–Trinajstić information content (AvgIpc) is 3.10. The molecule has 4 rings (SSSR count). The number of ether oxygens (including phenoxy) is 1. The maximum Gasteiger partial charge on any atom is 0.257 e. The van der Waals surface area contributed by atoms with Gasteiger partial charge in [-0.3, -0.25) is 9.59 Å². The molecule has 0 radical (unpaired) electrons. The van der Waals surface area contributed by atoms with Gasteiger partial charge in [-0.25, -0.2) is 0 Å². The number of pyridine rings is 1. The van der Waals surface area contributed by atoms with Gasteiger partial charge in [0.05, 0.1) is 35.3 Å². The molecule has 0 bridgehead atoms. The molecule has 1 atom stereocenters. The van der Waals surface area contributed by atoms with Crippen LogP contribution in [-0.2, 0) is 13.1 Å². The molecule has 1 amide bonds. The molecule has 1 aromatic carbocycles. The molecule has 1 N–H and O–H groups in total. The molecule has 3 aromatic rings. The van der Waals surface area contributed by atoms with E-state index in [0.717, 1.165) is 0 Å². The second-order valence-corrected chi connectivity index (χ2v) is 6.39. The summed E-state index contributed by atoms with van der Waals surface area (Å²) in [6, 6.07) is 6.85. The van der Waals surface area contributed by atoms with E-state index in [1.54, 1.807) is 30.5 Å². The third-order valence-corrected chi connectivity index (χ3v) is 4.48. The Morgan fingerprint density at radius 1 is 1.40 bits per heavy atom. The van der Waals surface area contributed by atoms with Gasteiger partial charge in [0.2, 0.25) is 5.43 Å². The van der Waals surface area contributed by atoms with Crippen LogP contribution < -0.4 is 15.5 Å². The van der Waals surface area contributed by atoms with Crippen LogP contribution in [0.3, 0.4) is 0 Å². The Labute approximate surface area is 148 Å². The number of benzene rings is 1. The Morgan fingerprint density at radius 2 is 2.24 bits per heavy atom. The lowest BCUT2D eigenvalue weighted by Gasteiger charge is -2.26. The predicted molar refractivity (Wildman–Crippen MR) is 93.2 cm³/mol. The molecular weight excluding hydrogens is 344 g/mol. The Kier molecular flexibility index (Phi) is 3.77. The Balaban J connectivity index is 1.80. The summed E-state index contributed by atoms with van der Waals surface area (Å²) in [7, 11) is 0. The molecule has 2 aromatic heterocycles. The van der Waals surface area contributed by atoms with E-state index >= 15 is 0 Å². The van der Waals surface area contributed by atoms with Crippen molar-refractivity contribution in [2.24, 2.45) is 0 Å². The summed E-state index contributed by atoms with van der Waals surface area (Å²) in [5.41, 5.74) is 0.263. The quantitative estimate of drug-likeness (QED) is 0.781. The fraction of sp³-hybridized carbons (Fsp3) is 0.222. The van der Waals surface area contributed by atoms with Gasteiger partial charge in [-0.2, -0.15) is 0 Å². The monoisotopic (exact) mass is 358 g/mol. The number of hydrogen-bond acceptors (Lipinski definition) is 4. The Bertz CT molecular complexity index is 1020. The molecule has 25 heavy (non-hydrogen) atoms.